The molecule has 2 aromatic carbocycles. The number of sulfonamides is 1. The van der Waals surface area contributed by atoms with Crippen molar-refractivity contribution in [2.24, 2.45) is 0 Å². The fraction of sp³-hybridized carbons (Fsp3) is 0.333. The van der Waals surface area contributed by atoms with Crippen molar-refractivity contribution in [1.82, 2.24) is 9.62 Å². The molecule has 2 heterocycles. The van der Waals surface area contributed by atoms with Gasteiger partial charge in [-0.15, -0.1) is 11.3 Å². The number of hydrogen-bond acceptors (Lipinski definition) is 6. The second kappa shape index (κ2) is 11.0. The fourth-order valence-corrected chi connectivity index (χ4v) is 8.52. The summed E-state index contributed by atoms with van der Waals surface area (Å²) < 4.78 is 29.0. The molecule has 7 nitrogen and oxygen atoms in total. The molecule has 0 bridgehead atoms. The van der Waals surface area contributed by atoms with Crippen molar-refractivity contribution < 1.29 is 23.1 Å². The Kier molecular flexibility index (Phi) is 7.89. The Balaban J connectivity index is 1.28. The molecule has 2 fully saturated rings. The molecule has 1 amide bonds. The molecule has 3 aromatic rings. The summed E-state index contributed by atoms with van der Waals surface area (Å²) in [6, 6.07) is 17.7. The van der Waals surface area contributed by atoms with Gasteiger partial charge in [0.1, 0.15) is 9.75 Å². The highest BCUT2D eigenvalue weighted by Crippen LogP contribution is 2.53. The zero-order valence-corrected chi connectivity index (χ0v) is 23.6. The molecule has 1 saturated heterocycles. The van der Waals surface area contributed by atoms with Crippen LogP contribution in [0.2, 0.25) is 5.02 Å². The first-order chi connectivity index (χ1) is 18.2. The molecule has 1 aliphatic carbocycles. The lowest BCUT2D eigenvalue weighted by atomic mass is 10.0. The van der Waals surface area contributed by atoms with Crippen LogP contribution in [0.1, 0.15) is 29.9 Å². The number of halogens is 1. The Morgan fingerprint density at radius 3 is 2.53 bits per heavy atom. The van der Waals surface area contributed by atoms with Gasteiger partial charge in [-0.3, -0.25) is 9.59 Å². The Morgan fingerprint density at radius 2 is 1.82 bits per heavy atom. The second-order valence-electron chi connectivity index (χ2n) is 9.50. The molecule has 0 spiro atoms. The van der Waals surface area contributed by atoms with Crippen molar-refractivity contribution in [3.63, 3.8) is 0 Å². The van der Waals surface area contributed by atoms with Crippen LogP contribution in [0.4, 0.5) is 0 Å². The van der Waals surface area contributed by atoms with Gasteiger partial charge >= 0.3 is 5.97 Å². The maximum absolute atomic E-state index is 13.2. The van der Waals surface area contributed by atoms with Crippen molar-refractivity contribution in [3.05, 3.63) is 76.8 Å². The number of aryl methyl sites for hydroxylation is 1. The van der Waals surface area contributed by atoms with Crippen molar-refractivity contribution in [2.45, 2.75) is 34.9 Å². The number of nitrogens with zero attached hydrogens (tertiary/aromatic N) is 1. The Bertz CT molecular complexity index is 1450. The number of carboxylic acid groups (broad SMARTS) is 1. The van der Waals surface area contributed by atoms with E-state index in [4.69, 9.17) is 11.6 Å². The first kappa shape index (κ1) is 27.2. The predicted octanol–water partition coefficient (Wildman–Crippen LogP) is 4.87. The minimum atomic E-state index is -4.07. The van der Waals surface area contributed by atoms with E-state index in [0.717, 1.165) is 57.5 Å². The maximum Gasteiger partial charge on any atom is 0.325 e. The highest BCUT2D eigenvalue weighted by Gasteiger charge is 2.63. The Hall–Kier alpha value is -2.37. The van der Waals surface area contributed by atoms with E-state index in [1.165, 1.54) is 6.07 Å². The van der Waals surface area contributed by atoms with Crippen molar-refractivity contribution in [3.8, 4) is 10.4 Å². The van der Waals surface area contributed by atoms with E-state index >= 15 is 0 Å². The molecule has 2 aliphatic rings. The Morgan fingerprint density at radius 1 is 1.08 bits per heavy atom. The molecule has 5 rings (SSSR count). The highest BCUT2D eigenvalue weighted by atomic mass is 35.5. The molecule has 0 radical (unpaired) electrons. The van der Waals surface area contributed by atoms with Crippen molar-refractivity contribution >= 4 is 56.6 Å². The summed E-state index contributed by atoms with van der Waals surface area (Å²) in [5, 5.41) is 10.6. The third-order valence-electron chi connectivity index (χ3n) is 6.98. The molecular weight excluding hydrogens is 564 g/mol. The second-order valence-corrected chi connectivity index (χ2v) is 14.2. The summed E-state index contributed by atoms with van der Waals surface area (Å²) in [5.41, 5.74) is 0.903. The average molecular weight is 591 g/mol. The topological polar surface area (TPSA) is 104 Å². The summed E-state index contributed by atoms with van der Waals surface area (Å²) in [7, 11) is -4.07. The van der Waals surface area contributed by atoms with Gasteiger partial charge < -0.3 is 10.0 Å². The third-order valence-corrected chi connectivity index (χ3v) is 11.3. The number of aliphatic carboxylic acids is 1. The quantitative estimate of drug-likeness (QED) is 0.369. The van der Waals surface area contributed by atoms with Crippen molar-refractivity contribution in [2.75, 3.05) is 24.6 Å². The number of carboxylic acids is 1. The van der Waals surface area contributed by atoms with Crippen LogP contribution in [0.3, 0.4) is 0 Å². The van der Waals surface area contributed by atoms with Gasteiger partial charge in [-0.1, -0.05) is 48.0 Å². The number of carbonyl (C=O) groups is 2. The summed E-state index contributed by atoms with van der Waals surface area (Å²) in [4.78, 5) is 27.5. The molecule has 38 heavy (non-hydrogen) atoms. The molecule has 0 unspecified atom stereocenters. The predicted molar refractivity (Wildman–Crippen MR) is 151 cm³/mol. The van der Waals surface area contributed by atoms with E-state index in [1.54, 1.807) is 30.3 Å². The molecule has 200 valence electrons. The summed E-state index contributed by atoms with van der Waals surface area (Å²) in [6.07, 6.45) is 1.10. The van der Waals surface area contributed by atoms with Gasteiger partial charge in [0, 0.05) is 46.8 Å². The van der Waals surface area contributed by atoms with Crippen LogP contribution in [0.15, 0.2) is 64.9 Å². The molecular formula is C27H27ClN2O5S3. The normalized spacial score (nSPS) is 21.3. The van der Waals surface area contributed by atoms with Gasteiger partial charge in [-0.05, 0) is 53.8 Å². The smallest absolute Gasteiger partial charge is 0.325 e. The van der Waals surface area contributed by atoms with E-state index < -0.39 is 27.4 Å². The fourth-order valence-electron chi connectivity index (χ4n) is 4.77. The maximum atomic E-state index is 13.2. The number of thioether (sulfide) groups is 1. The van der Waals surface area contributed by atoms with Crippen LogP contribution >= 0.6 is 34.7 Å². The Labute approximate surface area is 235 Å². The number of benzene rings is 2. The van der Waals surface area contributed by atoms with E-state index in [-0.39, 0.29) is 16.5 Å². The standard InChI is InChI=1S/C27H27ClN2O5S3/c28-21-7-5-19(6-8-21)23-9-11-25(37-23)38(34,35)29-27(26(32)33)17-22(27)20-3-1-2-18(16-20)4-10-24(31)30-12-14-36-15-13-30/h1-3,5-9,11,16,22,29H,4,10,12-15,17H2,(H,32,33)/t22-,27+/m0/s1. The van der Waals surface area contributed by atoms with Gasteiger partial charge in [-0.2, -0.15) is 16.5 Å². The monoisotopic (exact) mass is 590 g/mol. The van der Waals surface area contributed by atoms with Gasteiger partial charge in [0.05, 0.1) is 0 Å². The van der Waals surface area contributed by atoms with Crippen molar-refractivity contribution in [1.29, 1.82) is 0 Å². The average Bonchev–Trinajstić information content (AvgIpc) is 3.41. The highest BCUT2D eigenvalue weighted by molar-refractivity contribution is 7.99. The van der Waals surface area contributed by atoms with Gasteiger partial charge in [-0.25, -0.2) is 8.42 Å². The third kappa shape index (κ3) is 5.79. The molecule has 1 aliphatic heterocycles. The van der Waals surface area contributed by atoms with E-state index in [1.807, 2.05) is 40.9 Å². The van der Waals surface area contributed by atoms with Gasteiger partial charge in [0.25, 0.3) is 10.0 Å². The minimum Gasteiger partial charge on any atom is -0.480 e. The number of amides is 1. The van der Waals surface area contributed by atoms with E-state index in [2.05, 4.69) is 4.72 Å². The van der Waals surface area contributed by atoms with Crippen LogP contribution in [-0.2, 0) is 26.0 Å². The lowest BCUT2D eigenvalue weighted by Crippen LogP contribution is -2.44. The molecule has 1 saturated carbocycles. The summed E-state index contributed by atoms with van der Waals surface area (Å²) in [5.74, 6) is 0.349. The molecule has 1 aromatic heterocycles. The number of hydrogen-bond donors (Lipinski definition) is 2. The summed E-state index contributed by atoms with van der Waals surface area (Å²) >= 11 is 8.88. The lowest BCUT2D eigenvalue weighted by Gasteiger charge is -2.26. The molecule has 2 N–H and O–H groups in total. The number of nitrogens with one attached hydrogen (secondary N) is 1. The van der Waals surface area contributed by atoms with Crippen LogP contribution in [0.25, 0.3) is 10.4 Å². The minimum absolute atomic E-state index is 0.0529. The molecule has 2 atom stereocenters. The first-order valence-electron chi connectivity index (χ1n) is 12.3. The number of thiophene rings is 1. The number of rotatable bonds is 9. The van der Waals surface area contributed by atoms with Gasteiger partial charge in [0.15, 0.2) is 0 Å². The first-order valence-corrected chi connectivity index (χ1v) is 16.1. The van der Waals surface area contributed by atoms with E-state index in [0.29, 0.717) is 17.9 Å². The van der Waals surface area contributed by atoms with Crippen LogP contribution in [-0.4, -0.2) is 60.4 Å². The van der Waals surface area contributed by atoms with E-state index in [9.17, 15) is 23.1 Å². The number of carbonyl (C=O) groups excluding carboxylic acids is 1. The zero-order valence-electron chi connectivity index (χ0n) is 20.4. The van der Waals surface area contributed by atoms with Crippen LogP contribution in [0.5, 0.6) is 0 Å². The summed E-state index contributed by atoms with van der Waals surface area (Å²) in [6.45, 7) is 1.55. The largest absolute Gasteiger partial charge is 0.480 e. The zero-order chi connectivity index (χ0) is 26.9. The lowest BCUT2D eigenvalue weighted by molar-refractivity contribution is -0.140. The van der Waals surface area contributed by atoms with Crippen LogP contribution < -0.4 is 4.72 Å². The van der Waals surface area contributed by atoms with Crippen LogP contribution in [0, 0.1) is 0 Å². The SMILES string of the molecule is O=C(CCc1cccc([C@@H]2C[C@]2(NS(=O)(=O)c2ccc(-c3ccc(Cl)cc3)s2)C(=O)O)c1)N1CCSCC1. The molecule has 11 heteroatoms. The van der Waals surface area contributed by atoms with Gasteiger partial charge in [0.2, 0.25) is 5.91 Å².